The van der Waals surface area contributed by atoms with Crippen molar-refractivity contribution in [3.05, 3.63) is 76.1 Å². The lowest BCUT2D eigenvalue weighted by molar-refractivity contribution is -0.137. The Hall–Kier alpha value is -2.81. The summed E-state index contributed by atoms with van der Waals surface area (Å²) in [5, 5.41) is 9.41. The number of furan rings is 1. The average molecular weight is 437 g/mol. The molecule has 9 heteroatoms. The van der Waals surface area contributed by atoms with Gasteiger partial charge in [0.15, 0.2) is 5.96 Å². The van der Waals surface area contributed by atoms with Crippen LogP contribution in [0.25, 0.3) is 0 Å². The molecule has 2 N–H and O–H groups in total. The lowest BCUT2D eigenvalue weighted by Crippen LogP contribution is -2.40. The van der Waals surface area contributed by atoms with Gasteiger partial charge in [-0.25, -0.2) is 9.98 Å². The topological polar surface area (TPSA) is 62.5 Å². The monoisotopic (exact) mass is 436 g/mol. The molecule has 1 unspecified atom stereocenters. The van der Waals surface area contributed by atoms with Crippen LogP contribution in [0.15, 0.2) is 63.6 Å². The normalized spacial score (nSPS) is 13.3. The number of alkyl halides is 3. The second-order valence-corrected chi connectivity index (χ2v) is 7.70. The first-order chi connectivity index (χ1) is 14.4. The molecule has 0 aliphatic heterocycles. The van der Waals surface area contributed by atoms with Gasteiger partial charge in [0.2, 0.25) is 0 Å². The Kier molecular flexibility index (Phi) is 7.51. The maximum absolute atomic E-state index is 12.9. The SMILES string of the molecule is CC(CNC(=NCc1cccc(C(F)(F)F)c1)NCCc1ccco1)c1nccs1. The zero-order chi connectivity index (χ0) is 21.4. The fraction of sp³-hybridized carbons (Fsp3) is 0.333. The van der Waals surface area contributed by atoms with Gasteiger partial charge in [-0.15, -0.1) is 11.3 Å². The van der Waals surface area contributed by atoms with E-state index in [1.54, 1.807) is 29.9 Å². The smallest absolute Gasteiger partial charge is 0.416 e. The Morgan fingerprint density at radius 3 is 2.80 bits per heavy atom. The van der Waals surface area contributed by atoms with Crippen LogP contribution in [0.1, 0.15) is 34.7 Å². The van der Waals surface area contributed by atoms with Gasteiger partial charge >= 0.3 is 6.18 Å². The summed E-state index contributed by atoms with van der Waals surface area (Å²) < 4.78 is 44.1. The van der Waals surface area contributed by atoms with E-state index in [0.717, 1.165) is 22.9 Å². The van der Waals surface area contributed by atoms with Crippen molar-refractivity contribution in [2.24, 2.45) is 4.99 Å². The molecular weight excluding hydrogens is 413 g/mol. The first-order valence-electron chi connectivity index (χ1n) is 9.52. The molecule has 2 aromatic heterocycles. The highest BCUT2D eigenvalue weighted by Crippen LogP contribution is 2.29. The third kappa shape index (κ3) is 6.62. The minimum Gasteiger partial charge on any atom is -0.469 e. The molecule has 30 heavy (non-hydrogen) atoms. The van der Waals surface area contributed by atoms with Crippen LogP contribution in [0.2, 0.25) is 0 Å². The van der Waals surface area contributed by atoms with Crippen LogP contribution in [0.3, 0.4) is 0 Å². The minimum atomic E-state index is -4.37. The van der Waals surface area contributed by atoms with E-state index in [2.05, 4.69) is 27.5 Å². The summed E-state index contributed by atoms with van der Waals surface area (Å²) in [5.74, 6) is 1.55. The van der Waals surface area contributed by atoms with Crippen molar-refractivity contribution < 1.29 is 17.6 Å². The number of hydrogen-bond donors (Lipinski definition) is 2. The van der Waals surface area contributed by atoms with Crippen LogP contribution >= 0.6 is 11.3 Å². The van der Waals surface area contributed by atoms with Crippen LogP contribution in [-0.4, -0.2) is 24.0 Å². The lowest BCUT2D eigenvalue weighted by Gasteiger charge is -2.15. The Labute approximate surface area is 177 Å². The van der Waals surface area contributed by atoms with Crippen molar-refractivity contribution in [2.75, 3.05) is 13.1 Å². The number of benzene rings is 1. The molecule has 5 nitrogen and oxygen atoms in total. The number of aromatic nitrogens is 1. The highest BCUT2D eigenvalue weighted by atomic mass is 32.1. The molecule has 1 aromatic carbocycles. The van der Waals surface area contributed by atoms with E-state index in [9.17, 15) is 13.2 Å². The van der Waals surface area contributed by atoms with E-state index in [1.807, 2.05) is 17.5 Å². The molecule has 0 amide bonds. The number of thiazole rings is 1. The predicted molar refractivity (Wildman–Crippen MR) is 112 cm³/mol. The van der Waals surface area contributed by atoms with Gasteiger partial charge in [0, 0.05) is 37.0 Å². The van der Waals surface area contributed by atoms with Crippen molar-refractivity contribution >= 4 is 17.3 Å². The molecule has 1 atom stereocenters. The molecule has 0 aliphatic rings. The largest absolute Gasteiger partial charge is 0.469 e. The van der Waals surface area contributed by atoms with E-state index >= 15 is 0 Å². The van der Waals surface area contributed by atoms with Crippen molar-refractivity contribution in [1.29, 1.82) is 0 Å². The minimum absolute atomic E-state index is 0.131. The number of rotatable bonds is 8. The van der Waals surface area contributed by atoms with Gasteiger partial charge in [-0.05, 0) is 29.8 Å². The van der Waals surface area contributed by atoms with Crippen molar-refractivity contribution in [3.8, 4) is 0 Å². The molecular formula is C21H23F3N4OS. The standard InChI is InChI=1S/C21H23F3N4OS/c1-15(19-25-9-11-30-19)13-27-20(26-8-7-18-6-3-10-29-18)28-14-16-4-2-5-17(12-16)21(22,23)24/h2-6,9-12,15H,7-8,13-14H2,1H3,(H2,26,27,28). The Bertz CT molecular complexity index is 924. The second-order valence-electron chi connectivity index (χ2n) is 6.77. The van der Waals surface area contributed by atoms with Crippen LogP contribution in [0.5, 0.6) is 0 Å². The maximum Gasteiger partial charge on any atom is 0.416 e. The molecule has 0 fully saturated rings. The molecule has 2 heterocycles. The first-order valence-corrected chi connectivity index (χ1v) is 10.4. The van der Waals surface area contributed by atoms with E-state index in [-0.39, 0.29) is 12.5 Å². The van der Waals surface area contributed by atoms with Gasteiger partial charge < -0.3 is 15.1 Å². The van der Waals surface area contributed by atoms with Crippen LogP contribution in [0.4, 0.5) is 13.2 Å². The Morgan fingerprint density at radius 1 is 1.23 bits per heavy atom. The number of nitrogens with one attached hydrogen (secondary N) is 2. The summed E-state index contributed by atoms with van der Waals surface area (Å²) >= 11 is 1.58. The molecule has 0 saturated carbocycles. The molecule has 3 aromatic rings. The van der Waals surface area contributed by atoms with Crippen LogP contribution in [0, 0.1) is 0 Å². The maximum atomic E-state index is 12.9. The summed E-state index contributed by atoms with van der Waals surface area (Å²) in [6.07, 6.45) is -0.322. The van der Waals surface area contributed by atoms with Crippen molar-refractivity contribution in [1.82, 2.24) is 15.6 Å². The number of aliphatic imine (C=N–C) groups is 1. The van der Waals surface area contributed by atoms with Gasteiger partial charge in [0.05, 0.1) is 23.4 Å². The summed E-state index contributed by atoms with van der Waals surface area (Å²) in [6, 6.07) is 8.93. The highest BCUT2D eigenvalue weighted by Gasteiger charge is 2.30. The number of guanidine groups is 1. The van der Waals surface area contributed by atoms with E-state index in [0.29, 0.717) is 31.0 Å². The zero-order valence-corrected chi connectivity index (χ0v) is 17.3. The molecule has 0 aliphatic carbocycles. The third-order valence-electron chi connectivity index (χ3n) is 4.37. The molecule has 160 valence electrons. The van der Waals surface area contributed by atoms with Gasteiger partial charge in [-0.3, -0.25) is 0 Å². The van der Waals surface area contributed by atoms with Crippen molar-refractivity contribution in [2.45, 2.75) is 32.0 Å². The quantitative estimate of drug-likeness (QED) is 0.392. The molecule has 0 bridgehead atoms. The Balaban J connectivity index is 1.64. The molecule has 0 spiro atoms. The van der Waals surface area contributed by atoms with Gasteiger partial charge in [-0.1, -0.05) is 19.1 Å². The van der Waals surface area contributed by atoms with E-state index < -0.39 is 11.7 Å². The lowest BCUT2D eigenvalue weighted by atomic mass is 10.1. The predicted octanol–water partition coefficient (Wildman–Crippen LogP) is 4.84. The average Bonchev–Trinajstić information content (AvgIpc) is 3.43. The number of hydrogen-bond acceptors (Lipinski definition) is 4. The van der Waals surface area contributed by atoms with Crippen molar-refractivity contribution in [3.63, 3.8) is 0 Å². The summed E-state index contributed by atoms with van der Waals surface area (Å²) in [5.41, 5.74) is -0.183. The first kappa shape index (κ1) is 21.9. The summed E-state index contributed by atoms with van der Waals surface area (Å²) in [7, 11) is 0. The Morgan fingerprint density at radius 2 is 2.10 bits per heavy atom. The van der Waals surface area contributed by atoms with Crippen LogP contribution in [-0.2, 0) is 19.1 Å². The highest BCUT2D eigenvalue weighted by molar-refractivity contribution is 7.09. The molecule has 0 saturated heterocycles. The molecule has 0 radical (unpaired) electrons. The van der Waals surface area contributed by atoms with E-state index in [4.69, 9.17) is 4.42 Å². The van der Waals surface area contributed by atoms with Crippen LogP contribution < -0.4 is 10.6 Å². The number of nitrogens with zero attached hydrogens (tertiary/aromatic N) is 2. The summed E-state index contributed by atoms with van der Waals surface area (Å²) in [6.45, 7) is 3.36. The third-order valence-corrected chi connectivity index (χ3v) is 5.37. The summed E-state index contributed by atoms with van der Waals surface area (Å²) in [4.78, 5) is 8.78. The van der Waals surface area contributed by atoms with Gasteiger partial charge in [0.1, 0.15) is 5.76 Å². The fourth-order valence-electron chi connectivity index (χ4n) is 2.76. The fourth-order valence-corrected chi connectivity index (χ4v) is 3.46. The van der Waals surface area contributed by atoms with Gasteiger partial charge in [-0.2, -0.15) is 13.2 Å². The van der Waals surface area contributed by atoms with E-state index in [1.165, 1.54) is 6.07 Å². The number of halogens is 3. The zero-order valence-electron chi connectivity index (χ0n) is 16.4. The molecule has 3 rings (SSSR count). The van der Waals surface area contributed by atoms with Gasteiger partial charge in [0.25, 0.3) is 0 Å². The second kappa shape index (κ2) is 10.3.